The normalized spacial score (nSPS) is 28.3. The monoisotopic (exact) mass is 426 g/mol. The van der Waals surface area contributed by atoms with E-state index in [1.807, 2.05) is 42.1 Å². The summed E-state index contributed by atoms with van der Waals surface area (Å²) in [6.07, 6.45) is 8.90. The summed E-state index contributed by atoms with van der Waals surface area (Å²) < 4.78 is 20.1. The number of fused-ring (bicyclic) bond motifs is 1. The molecule has 2 saturated heterocycles. The van der Waals surface area contributed by atoms with Gasteiger partial charge in [-0.2, -0.15) is 0 Å². The highest BCUT2D eigenvalue weighted by molar-refractivity contribution is 5.74. The highest BCUT2D eigenvalue weighted by Crippen LogP contribution is 2.31. The molecule has 5 rings (SSSR count). The third-order valence-electron chi connectivity index (χ3n) is 6.49. The van der Waals surface area contributed by atoms with Gasteiger partial charge in [0.25, 0.3) is 0 Å². The lowest BCUT2D eigenvalue weighted by atomic mass is 9.96. The van der Waals surface area contributed by atoms with Crippen molar-refractivity contribution in [1.82, 2.24) is 20.2 Å². The molecule has 2 aromatic rings. The number of rotatable bonds is 5. The van der Waals surface area contributed by atoms with Crippen LogP contribution in [0.4, 0.5) is 4.79 Å². The van der Waals surface area contributed by atoms with Gasteiger partial charge in [-0.15, -0.1) is 0 Å². The quantitative estimate of drug-likeness (QED) is 0.768. The molecule has 0 unspecified atom stereocenters. The second-order valence-corrected chi connectivity index (χ2v) is 8.70. The number of aryl methyl sites for hydroxylation is 1. The summed E-state index contributed by atoms with van der Waals surface area (Å²) in [4.78, 5) is 16.8. The lowest BCUT2D eigenvalue weighted by Crippen LogP contribution is -2.51. The summed E-state index contributed by atoms with van der Waals surface area (Å²) in [6, 6.07) is 7.88. The number of nitrogens with zero attached hydrogens (tertiary/aromatic N) is 2. The van der Waals surface area contributed by atoms with Crippen LogP contribution >= 0.6 is 0 Å². The van der Waals surface area contributed by atoms with Gasteiger partial charge >= 0.3 is 6.03 Å². The Balaban J connectivity index is 1.15. The Hall–Kier alpha value is -2.58. The zero-order valence-corrected chi connectivity index (χ0v) is 17.8. The number of ether oxygens (including phenoxy) is 3. The van der Waals surface area contributed by atoms with Gasteiger partial charge in [0.2, 0.25) is 0 Å². The van der Waals surface area contributed by atoms with Gasteiger partial charge in [0.15, 0.2) is 6.10 Å². The zero-order chi connectivity index (χ0) is 21.2. The van der Waals surface area contributed by atoms with E-state index < -0.39 is 0 Å². The smallest absolute Gasteiger partial charge is 0.315 e. The second kappa shape index (κ2) is 8.88. The molecule has 0 spiro atoms. The topological polar surface area (TPSA) is 86.6 Å². The van der Waals surface area contributed by atoms with E-state index in [1.165, 1.54) is 19.3 Å². The number of hydrogen-bond donors (Lipinski definition) is 2. The summed E-state index contributed by atoms with van der Waals surface area (Å²) in [7, 11) is 1.97. The molecule has 0 radical (unpaired) electrons. The number of aromatic nitrogens is 2. The van der Waals surface area contributed by atoms with E-state index >= 15 is 0 Å². The predicted octanol–water partition coefficient (Wildman–Crippen LogP) is 2.63. The van der Waals surface area contributed by atoms with E-state index in [9.17, 15) is 4.79 Å². The molecule has 2 aliphatic heterocycles. The molecule has 3 aliphatic rings. The SMILES string of the molecule is Cn1ccnc1-c1ccc(O[C@H]2CO[C@H]3[C@@H]2OC[C@@H]3NC(=O)NC2CCCCC2)cc1. The lowest BCUT2D eigenvalue weighted by molar-refractivity contribution is 0.0303. The molecule has 31 heavy (non-hydrogen) atoms. The summed E-state index contributed by atoms with van der Waals surface area (Å²) >= 11 is 0. The number of carbonyl (C=O) groups excluding carboxylic acids is 1. The first-order chi connectivity index (χ1) is 15.2. The number of nitrogens with one attached hydrogen (secondary N) is 2. The minimum Gasteiger partial charge on any atom is -0.485 e. The van der Waals surface area contributed by atoms with E-state index in [4.69, 9.17) is 14.2 Å². The standard InChI is InChI=1S/C23H30N4O4/c1-27-12-11-24-22(27)15-7-9-17(10-8-15)31-19-14-30-20-18(13-29-21(19)20)26-23(28)25-16-5-3-2-4-6-16/h7-12,16,18-21H,2-6,13-14H2,1H3,(H2,25,26,28)/t18-,19-,20+,21+/m0/s1. The number of urea groups is 1. The Kier molecular flexibility index (Phi) is 5.82. The maximum Gasteiger partial charge on any atom is 0.315 e. The number of imidazole rings is 1. The maximum absolute atomic E-state index is 12.4. The van der Waals surface area contributed by atoms with Crippen molar-refractivity contribution >= 4 is 6.03 Å². The van der Waals surface area contributed by atoms with E-state index in [0.29, 0.717) is 13.2 Å². The van der Waals surface area contributed by atoms with Gasteiger partial charge in [-0.1, -0.05) is 19.3 Å². The van der Waals surface area contributed by atoms with Crippen LogP contribution in [-0.2, 0) is 16.5 Å². The minimum atomic E-state index is -0.197. The van der Waals surface area contributed by atoms with Gasteiger partial charge in [-0.25, -0.2) is 9.78 Å². The van der Waals surface area contributed by atoms with Crippen LogP contribution in [0, 0.1) is 0 Å². The van der Waals surface area contributed by atoms with E-state index in [-0.39, 0.29) is 36.4 Å². The van der Waals surface area contributed by atoms with Gasteiger partial charge in [0, 0.05) is 31.0 Å². The first-order valence-electron chi connectivity index (χ1n) is 11.2. The van der Waals surface area contributed by atoms with Crippen LogP contribution < -0.4 is 15.4 Å². The third-order valence-corrected chi connectivity index (χ3v) is 6.49. The Morgan fingerprint density at radius 1 is 1.06 bits per heavy atom. The van der Waals surface area contributed by atoms with Crippen molar-refractivity contribution in [2.75, 3.05) is 13.2 Å². The van der Waals surface area contributed by atoms with Crippen LogP contribution in [0.15, 0.2) is 36.7 Å². The first kappa shape index (κ1) is 20.3. The molecule has 1 aromatic carbocycles. The van der Waals surface area contributed by atoms with Crippen molar-refractivity contribution in [2.45, 2.75) is 62.5 Å². The molecule has 166 valence electrons. The molecular weight excluding hydrogens is 396 g/mol. The molecule has 1 saturated carbocycles. The number of amides is 2. The van der Waals surface area contributed by atoms with Crippen molar-refractivity contribution in [2.24, 2.45) is 7.05 Å². The molecule has 2 N–H and O–H groups in total. The molecule has 4 atom stereocenters. The summed E-state index contributed by atoms with van der Waals surface area (Å²) in [5, 5.41) is 6.14. The van der Waals surface area contributed by atoms with Gasteiger partial charge < -0.3 is 29.4 Å². The Morgan fingerprint density at radius 2 is 1.84 bits per heavy atom. The van der Waals surface area contributed by atoms with E-state index in [2.05, 4.69) is 15.6 Å². The summed E-state index contributed by atoms with van der Waals surface area (Å²) in [5.74, 6) is 1.68. The molecule has 8 nitrogen and oxygen atoms in total. The van der Waals surface area contributed by atoms with Gasteiger partial charge in [-0.3, -0.25) is 0 Å². The molecule has 0 bridgehead atoms. The fourth-order valence-corrected chi connectivity index (χ4v) is 4.83. The Bertz CT molecular complexity index is 893. The fourth-order valence-electron chi connectivity index (χ4n) is 4.83. The Morgan fingerprint density at radius 3 is 2.58 bits per heavy atom. The Labute approximate surface area is 182 Å². The van der Waals surface area contributed by atoms with E-state index in [0.717, 1.165) is 30.0 Å². The molecule has 1 aromatic heterocycles. The highest BCUT2D eigenvalue weighted by Gasteiger charge is 2.49. The largest absolute Gasteiger partial charge is 0.485 e. The summed E-state index contributed by atoms with van der Waals surface area (Å²) in [5.41, 5.74) is 1.03. The lowest BCUT2D eigenvalue weighted by Gasteiger charge is -2.24. The molecule has 8 heteroatoms. The maximum atomic E-state index is 12.4. The fraction of sp³-hybridized carbons (Fsp3) is 0.565. The number of hydrogen-bond acceptors (Lipinski definition) is 5. The van der Waals surface area contributed by atoms with Crippen molar-refractivity contribution in [3.8, 4) is 17.1 Å². The third kappa shape index (κ3) is 4.41. The predicted molar refractivity (Wildman–Crippen MR) is 115 cm³/mol. The molecular formula is C23H30N4O4. The van der Waals surface area contributed by atoms with Gasteiger partial charge in [-0.05, 0) is 37.1 Å². The highest BCUT2D eigenvalue weighted by atomic mass is 16.6. The second-order valence-electron chi connectivity index (χ2n) is 8.70. The molecule has 2 amide bonds. The van der Waals surface area contributed by atoms with Crippen LogP contribution in [-0.4, -0.2) is 59.2 Å². The van der Waals surface area contributed by atoms with Crippen LogP contribution in [0.2, 0.25) is 0 Å². The van der Waals surface area contributed by atoms with Crippen molar-refractivity contribution in [3.63, 3.8) is 0 Å². The van der Waals surface area contributed by atoms with Crippen LogP contribution in [0.1, 0.15) is 32.1 Å². The number of benzene rings is 1. The van der Waals surface area contributed by atoms with Gasteiger partial charge in [0.1, 0.15) is 23.8 Å². The minimum absolute atomic E-state index is 0.126. The number of carbonyl (C=O) groups is 1. The average Bonchev–Trinajstić information content (AvgIpc) is 3.48. The zero-order valence-electron chi connectivity index (χ0n) is 17.8. The van der Waals surface area contributed by atoms with E-state index in [1.54, 1.807) is 6.20 Å². The molecule has 3 fully saturated rings. The summed E-state index contributed by atoms with van der Waals surface area (Å²) in [6.45, 7) is 0.879. The first-order valence-corrected chi connectivity index (χ1v) is 11.2. The van der Waals surface area contributed by atoms with Crippen molar-refractivity contribution < 1.29 is 19.0 Å². The molecule has 3 heterocycles. The van der Waals surface area contributed by atoms with Gasteiger partial charge in [0.05, 0.1) is 19.3 Å². The average molecular weight is 427 g/mol. The van der Waals surface area contributed by atoms with Crippen LogP contribution in [0.3, 0.4) is 0 Å². The van der Waals surface area contributed by atoms with Crippen molar-refractivity contribution in [3.05, 3.63) is 36.7 Å². The van der Waals surface area contributed by atoms with Crippen LogP contribution in [0.5, 0.6) is 5.75 Å². The molecule has 1 aliphatic carbocycles. The van der Waals surface area contributed by atoms with Crippen molar-refractivity contribution in [1.29, 1.82) is 0 Å². The van der Waals surface area contributed by atoms with Crippen LogP contribution in [0.25, 0.3) is 11.4 Å².